The first-order valence-corrected chi connectivity index (χ1v) is 6.27. The monoisotopic (exact) mass is 284 g/mol. The zero-order valence-corrected chi connectivity index (χ0v) is 11.1. The molecule has 2 aliphatic rings. The number of piperidine rings is 1. The van der Waals surface area contributed by atoms with E-state index in [0.29, 0.717) is 6.54 Å². The molecule has 1 aliphatic heterocycles. The van der Waals surface area contributed by atoms with E-state index >= 15 is 0 Å². The van der Waals surface area contributed by atoms with E-state index in [0.717, 1.165) is 0 Å². The second kappa shape index (κ2) is 4.51. The lowest BCUT2D eigenvalue weighted by Crippen LogP contribution is -2.66. The summed E-state index contributed by atoms with van der Waals surface area (Å²) in [6.07, 6.45) is 0.869. The van der Waals surface area contributed by atoms with Crippen molar-refractivity contribution in [1.29, 1.82) is 0 Å². The molecule has 0 aromatic heterocycles. The molecule has 20 heavy (non-hydrogen) atoms. The lowest BCUT2D eigenvalue weighted by molar-refractivity contribution is -0.619. The SMILES string of the molecule is CCN1C[C@@]2([N+](=O)[O-])C=C(C(N)=O)C[C@]([N+](=O)[O-])(C1)C2. The number of hydrogen-bond donors (Lipinski definition) is 1. The third kappa shape index (κ3) is 2.03. The maximum atomic E-state index is 11.5. The van der Waals surface area contributed by atoms with E-state index in [9.17, 15) is 25.0 Å². The van der Waals surface area contributed by atoms with Crippen LogP contribution in [0, 0.1) is 20.2 Å². The quantitative estimate of drug-likeness (QED) is 0.549. The van der Waals surface area contributed by atoms with Crippen LogP contribution in [-0.2, 0) is 4.79 Å². The molecular formula is C11H16N4O5. The van der Waals surface area contributed by atoms with Crippen LogP contribution < -0.4 is 5.73 Å². The number of carbonyl (C=O) groups is 1. The summed E-state index contributed by atoms with van der Waals surface area (Å²) in [6.45, 7) is 2.42. The van der Waals surface area contributed by atoms with Crippen LogP contribution in [0.15, 0.2) is 11.6 Å². The highest BCUT2D eigenvalue weighted by Crippen LogP contribution is 2.42. The van der Waals surface area contributed by atoms with Crippen molar-refractivity contribution in [2.24, 2.45) is 5.73 Å². The Hall–Kier alpha value is -2.03. The van der Waals surface area contributed by atoms with Crippen molar-refractivity contribution in [2.45, 2.75) is 30.8 Å². The first-order chi connectivity index (χ1) is 9.24. The molecule has 2 atom stereocenters. The average Bonchev–Trinajstić information content (AvgIpc) is 2.36. The Morgan fingerprint density at radius 3 is 2.50 bits per heavy atom. The smallest absolute Gasteiger partial charge is 0.260 e. The van der Waals surface area contributed by atoms with Crippen molar-refractivity contribution >= 4 is 5.91 Å². The van der Waals surface area contributed by atoms with E-state index < -0.39 is 26.8 Å². The first kappa shape index (κ1) is 14.4. The fraction of sp³-hybridized carbons (Fsp3) is 0.727. The third-order valence-electron chi connectivity index (χ3n) is 4.13. The van der Waals surface area contributed by atoms with Crippen molar-refractivity contribution in [2.75, 3.05) is 19.6 Å². The van der Waals surface area contributed by atoms with Crippen LogP contribution in [0.2, 0.25) is 0 Å². The number of amides is 1. The molecule has 110 valence electrons. The van der Waals surface area contributed by atoms with Crippen LogP contribution in [0.5, 0.6) is 0 Å². The highest BCUT2D eigenvalue weighted by atomic mass is 16.6. The van der Waals surface area contributed by atoms with Gasteiger partial charge >= 0.3 is 0 Å². The summed E-state index contributed by atoms with van der Waals surface area (Å²) in [4.78, 5) is 34.9. The van der Waals surface area contributed by atoms with Gasteiger partial charge in [0.15, 0.2) is 0 Å². The number of nitrogens with two attached hydrogens (primary N) is 1. The summed E-state index contributed by atoms with van der Waals surface area (Å²) < 4.78 is 0. The Bertz CT molecular complexity index is 519. The second-order valence-corrected chi connectivity index (χ2v) is 5.53. The number of nitro groups is 2. The fourth-order valence-electron chi connectivity index (χ4n) is 3.23. The Kier molecular flexibility index (Phi) is 3.24. The normalized spacial score (nSPS) is 33.4. The second-order valence-electron chi connectivity index (χ2n) is 5.53. The number of hydrogen-bond acceptors (Lipinski definition) is 6. The van der Waals surface area contributed by atoms with Crippen LogP contribution in [0.4, 0.5) is 0 Å². The summed E-state index contributed by atoms with van der Waals surface area (Å²) in [5.74, 6) is -0.827. The van der Waals surface area contributed by atoms with E-state index in [-0.39, 0.29) is 31.5 Å². The van der Waals surface area contributed by atoms with Crippen LogP contribution in [0.3, 0.4) is 0 Å². The molecule has 2 bridgehead atoms. The largest absolute Gasteiger partial charge is 0.366 e. The van der Waals surface area contributed by atoms with E-state index in [1.54, 1.807) is 11.8 Å². The van der Waals surface area contributed by atoms with Crippen LogP contribution >= 0.6 is 0 Å². The molecule has 0 spiro atoms. The zero-order chi connectivity index (χ0) is 15.1. The molecule has 9 heteroatoms. The Morgan fingerprint density at radius 1 is 1.40 bits per heavy atom. The Morgan fingerprint density at radius 2 is 2.05 bits per heavy atom. The predicted molar refractivity (Wildman–Crippen MR) is 68.1 cm³/mol. The molecular weight excluding hydrogens is 268 g/mol. The molecule has 2 N–H and O–H groups in total. The highest BCUT2D eigenvalue weighted by Gasteiger charge is 2.64. The molecule has 0 radical (unpaired) electrons. The van der Waals surface area contributed by atoms with Gasteiger partial charge in [-0.1, -0.05) is 6.92 Å². The minimum atomic E-state index is -1.61. The number of rotatable bonds is 4. The van der Waals surface area contributed by atoms with E-state index in [1.807, 2.05) is 0 Å². The van der Waals surface area contributed by atoms with Crippen molar-refractivity contribution < 1.29 is 14.6 Å². The van der Waals surface area contributed by atoms with Crippen molar-refractivity contribution in [3.8, 4) is 0 Å². The summed E-state index contributed by atoms with van der Waals surface area (Å²) in [6, 6.07) is 0. The summed E-state index contributed by atoms with van der Waals surface area (Å²) in [5.41, 5.74) is 2.06. The Balaban J connectivity index is 2.57. The summed E-state index contributed by atoms with van der Waals surface area (Å²) in [5, 5.41) is 22.9. The number of carbonyl (C=O) groups excluding carboxylic acids is 1. The maximum Gasteiger partial charge on any atom is 0.260 e. The molecule has 0 saturated carbocycles. The first-order valence-electron chi connectivity index (χ1n) is 6.27. The van der Waals surface area contributed by atoms with E-state index in [4.69, 9.17) is 5.73 Å². The molecule has 1 amide bonds. The topological polar surface area (TPSA) is 133 Å². The standard InChI is InChI=1S/C11H16N4O5/c1-2-13-6-10(14(17)18)3-8(9(12)16)4-11(5-10,7-13)15(19)20/h3H,2,4-7H2,1H3,(H2,12,16)/t10-,11-/m1/s1. The van der Waals surface area contributed by atoms with E-state index in [2.05, 4.69) is 0 Å². The molecule has 0 aromatic rings. The predicted octanol–water partition coefficient (Wildman–Crippen LogP) is -0.442. The van der Waals surface area contributed by atoms with Gasteiger partial charge in [0.2, 0.25) is 11.4 Å². The van der Waals surface area contributed by atoms with Gasteiger partial charge < -0.3 is 5.73 Å². The van der Waals surface area contributed by atoms with Crippen LogP contribution in [-0.4, -0.2) is 51.4 Å². The number of primary amides is 1. The molecule has 0 unspecified atom stereocenters. The van der Waals surface area contributed by atoms with Crippen molar-refractivity contribution in [3.63, 3.8) is 0 Å². The third-order valence-corrected chi connectivity index (χ3v) is 4.13. The van der Waals surface area contributed by atoms with Gasteiger partial charge in [-0.15, -0.1) is 0 Å². The summed E-state index contributed by atoms with van der Waals surface area (Å²) in [7, 11) is 0. The van der Waals surface area contributed by atoms with Gasteiger partial charge in [0.25, 0.3) is 5.54 Å². The van der Waals surface area contributed by atoms with E-state index in [1.165, 1.54) is 6.08 Å². The highest BCUT2D eigenvalue weighted by molar-refractivity contribution is 5.92. The molecule has 9 nitrogen and oxygen atoms in total. The van der Waals surface area contributed by atoms with Gasteiger partial charge in [-0.2, -0.15) is 0 Å². The lowest BCUT2D eigenvalue weighted by atomic mass is 9.69. The van der Waals surface area contributed by atoms with Gasteiger partial charge in [-0.05, 0) is 6.54 Å². The molecule has 1 fully saturated rings. The van der Waals surface area contributed by atoms with Crippen molar-refractivity contribution in [3.05, 3.63) is 31.9 Å². The average molecular weight is 284 g/mol. The number of fused-ring (bicyclic) bond motifs is 2. The number of likely N-dealkylation sites (N-methyl/N-ethyl adjacent to an activating group) is 1. The van der Waals surface area contributed by atoms with Gasteiger partial charge in [-0.25, -0.2) is 0 Å². The van der Waals surface area contributed by atoms with Gasteiger partial charge in [0, 0.05) is 21.5 Å². The zero-order valence-electron chi connectivity index (χ0n) is 11.1. The van der Waals surface area contributed by atoms with Crippen molar-refractivity contribution in [1.82, 2.24) is 4.90 Å². The van der Waals surface area contributed by atoms with Crippen LogP contribution in [0.1, 0.15) is 19.8 Å². The lowest BCUT2D eigenvalue weighted by Gasteiger charge is -2.44. The molecule has 1 saturated heterocycles. The van der Waals surface area contributed by atoms with Crippen LogP contribution in [0.25, 0.3) is 0 Å². The number of nitrogens with zero attached hydrogens (tertiary/aromatic N) is 3. The Labute approximate surface area is 114 Å². The molecule has 1 aliphatic carbocycles. The molecule has 0 aromatic carbocycles. The summed E-state index contributed by atoms with van der Waals surface area (Å²) >= 11 is 0. The van der Waals surface area contributed by atoms with Gasteiger partial charge in [0.05, 0.1) is 25.9 Å². The van der Waals surface area contributed by atoms with Gasteiger partial charge in [0.1, 0.15) is 0 Å². The minimum absolute atomic E-state index is 0.0135. The minimum Gasteiger partial charge on any atom is -0.366 e. The molecule has 1 heterocycles. The maximum absolute atomic E-state index is 11.5. The van der Waals surface area contributed by atoms with Gasteiger partial charge in [-0.3, -0.25) is 29.9 Å². The fourth-order valence-corrected chi connectivity index (χ4v) is 3.23. The molecule has 2 rings (SSSR count). The number of likely N-dealkylation sites (tertiary alicyclic amines) is 1.